The van der Waals surface area contributed by atoms with Crippen LogP contribution in [0.15, 0.2) is 58.0 Å². The van der Waals surface area contributed by atoms with Crippen molar-refractivity contribution in [2.24, 2.45) is 0 Å². The van der Waals surface area contributed by atoms with Crippen LogP contribution >= 0.6 is 31.9 Å². The van der Waals surface area contributed by atoms with Crippen LogP contribution in [0.5, 0.6) is 0 Å². The maximum absolute atomic E-state index is 3.46. The second kappa shape index (κ2) is 4.87. The summed E-state index contributed by atoms with van der Waals surface area (Å²) in [5.74, 6) is 0. The lowest BCUT2D eigenvalue weighted by molar-refractivity contribution is 1.74. The summed E-state index contributed by atoms with van der Waals surface area (Å²) in [6.07, 6.45) is 2.12. The van der Waals surface area contributed by atoms with Crippen LogP contribution < -0.4 is 0 Å². The second-order valence-electron chi connectivity index (χ2n) is 4.17. The molecule has 18 heavy (non-hydrogen) atoms. The molecule has 0 fully saturated rings. The van der Waals surface area contributed by atoms with Gasteiger partial charge in [-0.15, -0.1) is 0 Å². The Morgan fingerprint density at radius 1 is 0.778 bits per heavy atom. The molecule has 0 unspecified atom stereocenters. The fourth-order valence-corrected chi connectivity index (χ4v) is 2.77. The Labute approximate surface area is 123 Å². The third-order valence-corrected chi connectivity index (χ3v) is 3.52. The molecule has 3 aromatic carbocycles. The Hall–Kier alpha value is -1.12. The number of rotatable bonds is 1. The van der Waals surface area contributed by atoms with Crippen LogP contribution in [0.25, 0.3) is 27.6 Å². The zero-order valence-corrected chi connectivity index (χ0v) is 12.7. The van der Waals surface area contributed by atoms with Crippen LogP contribution in [0.2, 0.25) is 0 Å². The van der Waals surface area contributed by atoms with E-state index in [2.05, 4.69) is 92.5 Å². The van der Waals surface area contributed by atoms with Gasteiger partial charge in [0.15, 0.2) is 0 Å². The van der Waals surface area contributed by atoms with Gasteiger partial charge in [0.05, 0.1) is 3.39 Å². The Morgan fingerprint density at radius 2 is 1.28 bits per heavy atom. The van der Waals surface area contributed by atoms with E-state index in [0.717, 1.165) is 3.39 Å². The summed E-state index contributed by atoms with van der Waals surface area (Å²) >= 11 is 6.92. The molecule has 2 heteroatoms. The van der Waals surface area contributed by atoms with Gasteiger partial charge in [-0.1, -0.05) is 48.5 Å². The maximum atomic E-state index is 3.46. The number of halogens is 2. The monoisotopic (exact) mass is 360 g/mol. The molecule has 0 heterocycles. The predicted octanol–water partition coefficient (Wildman–Crippen LogP) is 6.08. The normalized spacial score (nSPS) is 10.8. The summed E-state index contributed by atoms with van der Waals surface area (Å²) in [4.78, 5) is 0. The van der Waals surface area contributed by atoms with Crippen molar-refractivity contribution in [2.75, 3.05) is 0 Å². The molecule has 88 valence electrons. The van der Waals surface area contributed by atoms with E-state index in [1.165, 1.54) is 27.1 Å². The highest BCUT2D eigenvalue weighted by molar-refractivity contribution is 9.28. The van der Waals surface area contributed by atoms with Crippen LogP contribution in [-0.4, -0.2) is 0 Å². The zero-order valence-electron chi connectivity index (χ0n) is 9.53. The summed E-state index contributed by atoms with van der Waals surface area (Å²) < 4.78 is 0.955. The molecule has 0 saturated carbocycles. The molecule has 0 amide bonds. The van der Waals surface area contributed by atoms with Crippen LogP contribution in [-0.2, 0) is 0 Å². The molecule has 0 spiro atoms. The van der Waals surface area contributed by atoms with Crippen molar-refractivity contribution in [3.05, 3.63) is 63.6 Å². The lowest BCUT2D eigenvalue weighted by atomic mass is 9.97. The molecule has 0 atom stereocenters. The van der Waals surface area contributed by atoms with Crippen molar-refractivity contribution in [3.8, 4) is 0 Å². The molecule has 0 bridgehead atoms. The average Bonchev–Trinajstić information content (AvgIpc) is 2.38. The third-order valence-electron chi connectivity index (χ3n) is 3.07. The summed E-state index contributed by atoms with van der Waals surface area (Å²) in [6.45, 7) is 0. The van der Waals surface area contributed by atoms with Gasteiger partial charge in [0, 0.05) is 0 Å². The standard InChI is InChI=1S/C16H10Br2/c17-16(18)10-15-13-7-3-1-5-11(13)9-12-6-2-4-8-14(12)15/h1-10H. The molecular weight excluding hydrogens is 352 g/mol. The Kier molecular flexibility index (Phi) is 3.23. The fraction of sp³-hybridized carbons (Fsp3) is 0. The van der Waals surface area contributed by atoms with E-state index in [1.54, 1.807) is 0 Å². The van der Waals surface area contributed by atoms with Gasteiger partial charge in [0.1, 0.15) is 0 Å². The van der Waals surface area contributed by atoms with Gasteiger partial charge in [-0.05, 0) is 71.1 Å². The molecule has 3 rings (SSSR count). The van der Waals surface area contributed by atoms with E-state index in [-0.39, 0.29) is 0 Å². The van der Waals surface area contributed by atoms with E-state index in [9.17, 15) is 0 Å². The molecule has 3 aromatic rings. The summed E-state index contributed by atoms with van der Waals surface area (Å²) in [6, 6.07) is 19.2. The van der Waals surface area contributed by atoms with Crippen LogP contribution in [0.1, 0.15) is 5.56 Å². The van der Waals surface area contributed by atoms with Crippen molar-refractivity contribution < 1.29 is 0 Å². The smallest absolute Gasteiger partial charge is 0.0610 e. The first-order valence-electron chi connectivity index (χ1n) is 5.69. The van der Waals surface area contributed by atoms with Crippen LogP contribution in [0, 0.1) is 0 Å². The summed E-state index contributed by atoms with van der Waals surface area (Å²) in [5, 5.41) is 5.08. The lowest BCUT2D eigenvalue weighted by Crippen LogP contribution is -1.83. The highest BCUT2D eigenvalue weighted by atomic mass is 79.9. The number of fused-ring (bicyclic) bond motifs is 2. The van der Waals surface area contributed by atoms with E-state index in [1.807, 2.05) is 0 Å². The highest BCUT2D eigenvalue weighted by Gasteiger charge is 2.05. The van der Waals surface area contributed by atoms with Crippen molar-refractivity contribution in [3.63, 3.8) is 0 Å². The molecule has 0 aliphatic rings. The van der Waals surface area contributed by atoms with Crippen molar-refractivity contribution in [1.29, 1.82) is 0 Å². The molecular formula is C16H10Br2. The SMILES string of the molecule is BrC(Br)=Cc1c2ccccc2cc2ccccc12. The quantitative estimate of drug-likeness (QED) is 0.460. The minimum atomic E-state index is 0.955. The summed E-state index contributed by atoms with van der Waals surface area (Å²) in [7, 11) is 0. The van der Waals surface area contributed by atoms with E-state index >= 15 is 0 Å². The molecule has 0 radical (unpaired) electrons. The first kappa shape index (κ1) is 11.9. The van der Waals surface area contributed by atoms with Gasteiger partial charge in [0.25, 0.3) is 0 Å². The summed E-state index contributed by atoms with van der Waals surface area (Å²) in [5.41, 5.74) is 1.24. The minimum absolute atomic E-state index is 0.955. The Bertz CT molecular complexity index is 699. The van der Waals surface area contributed by atoms with Crippen molar-refractivity contribution in [2.45, 2.75) is 0 Å². The van der Waals surface area contributed by atoms with Crippen molar-refractivity contribution in [1.82, 2.24) is 0 Å². The van der Waals surface area contributed by atoms with Gasteiger partial charge >= 0.3 is 0 Å². The minimum Gasteiger partial charge on any atom is -0.0616 e. The zero-order chi connectivity index (χ0) is 12.5. The average molecular weight is 362 g/mol. The Morgan fingerprint density at radius 3 is 1.78 bits per heavy atom. The molecule has 0 N–H and O–H groups in total. The van der Waals surface area contributed by atoms with Crippen molar-refractivity contribution >= 4 is 59.5 Å². The number of hydrogen-bond acceptors (Lipinski definition) is 0. The second-order valence-corrected chi connectivity index (χ2v) is 6.94. The predicted molar refractivity (Wildman–Crippen MR) is 87.3 cm³/mol. The van der Waals surface area contributed by atoms with Crippen LogP contribution in [0.4, 0.5) is 0 Å². The number of benzene rings is 3. The molecule has 0 saturated heterocycles. The van der Waals surface area contributed by atoms with Gasteiger partial charge in [-0.2, -0.15) is 0 Å². The molecule has 0 aliphatic heterocycles. The van der Waals surface area contributed by atoms with E-state index < -0.39 is 0 Å². The first-order valence-corrected chi connectivity index (χ1v) is 7.27. The molecule has 0 aliphatic carbocycles. The van der Waals surface area contributed by atoms with Gasteiger partial charge in [0.2, 0.25) is 0 Å². The van der Waals surface area contributed by atoms with Gasteiger partial charge < -0.3 is 0 Å². The van der Waals surface area contributed by atoms with E-state index in [4.69, 9.17) is 0 Å². The van der Waals surface area contributed by atoms with Gasteiger partial charge in [-0.3, -0.25) is 0 Å². The molecule has 0 aromatic heterocycles. The lowest BCUT2D eigenvalue weighted by Gasteiger charge is -2.08. The molecule has 0 nitrogen and oxygen atoms in total. The Balaban J connectivity index is 2.53. The largest absolute Gasteiger partial charge is 0.0616 e. The first-order chi connectivity index (χ1) is 8.75. The topological polar surface area (TPSA) is 0 Å². The highest BCUT2D eigenvalue weighted by Crippen LogP contribution is 2.31. The van der Waals surface area contributed by atoms with Crippen LogP contribution in [0.3, 0.4) is 0 Å². The van der Waals surface area contributed by atoms with E-state index in [0.29, 0.717) is 0 Å². The number of hydrogen-bond donors (Lipinski definition) is 0. The van der Waals surface area contributed by atoms with Gasteiger partial charge in [-0.25, -0.2) is 0 Å². The maximum Gasteiger partial charge on any atom is 0.0610 e. The third kappa shape index (κ3) is 2.11. The fourth-order valence-electron chi connectivity index (χ4n) is 2.31.